The van der Waals surface area contributed by atoms with Crippen LogP contribution >= 0.6 is 0 Å². The molecule has 2 saturated heterocycles. The van der Waals surface area contributed by atoms with Crippen LogP contribution < -0.4 is 26.5 Å². The number of hydrogen-bond donors (Lipinski definition) is 3. The van der Waals surface area contributed by atoms with E-state index in [2.05, 4.69) is 30.8 Å². The van der Waals surface area contributed by atoms with Crippen LogP contribution in [-0.2, 0) is 14.3 Å². The standard InChI is InChI=1S/C34H33FN8O7/c35-23-19-37-34(40-30(23)38-21-5-7-26-20(18-21)4-9-28(45)50-26)42-13-11-41(12-14-42)15-17-49-16-10-36-24-3-1-2-22-29(24)33(48)43(32(22)47)25-6-8-27(44)39-31(25)46/h1-5,7,9,18-19,25,36H,6,8,10-17H2,(H,37,38,40)(H,39,44,46). The second kappa shape index (κ2) is 14.0. The van der Waals surface area contributed by atoms with Gasteiger partial charge in [0.2, 0.25) is 17.8 Å². The zero-order valence-corrected chi connectivity index (χ0v) is 26.8. The van der Waals surface area contributed by atoms with Crippen molar-refractivity contribution in [2.24, 2.45) is 0 Å². The van der Waals surface area contributed by atoms with Gasteiger partial charge in [0, 0.05) is 68.5 Å². The van der Waals surface area contributed by atoms with E-state index in [0.717, 1.165) is 24.2 Å². The van der Waals surface area contributed by atoms with E-state index in [-0.39, 0.29) is 29.8 Å². The lowest BCUT2D eigenvalue weighted by atomic mass is 10.0. The summed E-state index contributed by atoms with van der Waals surface area (Å²) in [6, 6.07) is 11.9. The highest BCUT2D eigenvalue weighted by atomic mass is 19.1. The molecule has 0 spiro atoms. The Hall–Kier alpha value is -5.74. The van der Waals surface area contributed by atoms with Crippen LogP contribution in [0.5, 0.6) is 0 Å². The van der Waals surface area contributed by atoms with E-state index >= 15 is 0 Å². The lowest BCUT2D eigenvalue weighted by Crippen LogP contribution is -2.54. The van der Waals surface area contributed by atoms with Gasteiger partial charge in [0.05, 0.1) is 30.5 Å². The van der Waals surface area contributed by atoms with Gasteiger partial charge in [-0.15, -0.1) is 0 Å². The van der Waals surface area contributed by atoms with Crippen molar-refractivity contribution in [3.63, 3.8) is 0 Å². The number of anilines is 4. The Bertz CT molecular complexity index is 2050. The van der Waals surface area contributed by atoms with Crippen molar-refractivity contribution in [3.8, 4) is 0 Å². The monoisotopic (exact) mass is 684 g/mol. The first-order valence-electron chi connectivity index (χ1n) is 16.2. The van der Waals surface area contributed by atoms with E-state index in [1.165, 1.54) is 6.07 Å². The molecule has 15 nitrogen and oxygen atoms in total. The average Bonchev–Trinajstić information content (AvgIpc) is 3.37. The van der Waals surface area contributed by atoms with Gasteiger partial charge in [-0.05, 0) is 42.8 Å². The van der Waals surface area contributed by atoms with Crippen LogP contribution in [-0.4, -0.2) is 102 Å². The number of aromatic nitrogens is 2. The summed E-state index contributed by atoms with van der Waals surface area (Å²) in [6.45, 7) is 4.67. The van der Waals surface area contributed by atoms with Crippen LogP contribution in [0.2, 0.25) is 0 Å². The highest BCUT2D eigenvalue weighted by Crippen LogP contribution is 2.32. The second-order valence-electron chi connectivity index (χ2n) is 12.0. The largest absolute Gasteiger partial charge is 0.423 e. The summed E-state index contributed by atoms with van der Waals surface area (Å²) in [6.07, 6.45) is 1.30. The van der Waals surface area contributed by atoms with Crippen molar-refractivity contribution >= 4 is 57.7 Å². The zero-order chi connectivity index (χ0) is 34.8. The van der Waals surface area contributed by atoms with Crippen LogP contribution in [0.25, 0.3) is 11.0 Å². The number of piperidine rings is 1. The first-order valence-corrected chi connectivity index (χ1v) is 16.2. The number of amides is 4. The van der Waals surface area contributed by atoms with Crippen LogP contribution in [0.1, 0.15) is 33.6 Å². The second-order valence-corrected chi connectivity index (χ2v) is 12.0. The third kappa shape index (κ3) is 6.75. The number of ether oxygens (including phenoxy) is 1. The van der Waals surface area contributed by atoms with Crippen molar-refractivity contribution in [1.82, 2.24) is 25.1 Å². The average molecular weight is 685 g/mol. The smallest absolute Gasteiger partial charge is 0.336 e. The molecule has 0 radical (unpaired) electrons. The van der Waals surface area contributed by atoms with Crippen molar-refractivity contribution < 1.29 is 32.7 Å². The van der Waals surface area contributed by atoms with Gasteiger partial charge in [-0.2, -0.15) is 4.98 Å². The molecule has 258 valence electrons. The number of carbonyl (C=O) groups excluding carboxylic acids is 4. The Morgan fingerprint density at radius 3 is 2.64 bits per heavy atom. The van der Waals surface area contributed by atoms with Gasteiger partial charge < -0.3 is 24.7 Å². The molecule has 4 aromatic rings. The molecule has 3 aliphatic rings. The molecule has 1 unspecified atom stereocenters. The number of nitrogens with one attached hydrogen (secondary N) is 3. The summed E-state index contributed by atoms with van der Waals surface area (Å²) >= 11 is 0. The van der Waals surface area contributed by atoms with E-state index in [1.54, 1.807) is 42.5 Å². The predicted molar refractivity (Wildman–Crippen MR) is 179 cm³/mol. The quantitative estimate of drug-likeness (QED) is 0.119. The van der Waals surface area contributed by atoms with Crippen LogP contribution in [0, 0.1) is 5.82 Å². The Labute approximate surface area is 284 Å². The normalized spacial score (nSPS) is 18.1. The molecule has 0 aliphatic carbocycles. The SMILES string of the molecule is O=C1CCC(N2C(=O)c3cccc(NCCOCCN4CCN(c5ncc(F)c(Nc6ccc7oc(=O)ccc7c6)n5)CC4)c3C2=O)C(=O)N1. The Kier molecular flexibility index (Phi) is 9.19. The molecule has 1 atom stereocenters. The van der Waals surface area contributed by atoms with Crippen molar-refractivity contribution in [2.75, 3.05) is 68.0 Å². The molecule has 4 amide bonds. The van der Waals surface area contributed by atoms with Crippen LogP contribution in [0.4, 0.5) is 27.5 Å². The van der Waals surface area contributed by atoms with Gasteiger partial charge >= 0.3 is 5.63 Å². The van der Waals surface area contributed by atoms with Gasteiger partial charge in [-0.25, -0.2) is 14.2 Å². The minimum Gasteiger partial charge on any atom is -0.423 e. The number of rotatable bonds is 11. The minimum absolute atomic E-state index is 0.0410. The fraction of sp³-hybridized carbons (Fsp3) is 0.324. The first-order chi connectivity index (χ1) is 24.2. The van der Waals surface area contributed by atoms with E-state index in [1.807, 2.05) is 4.90 Å². The molecule has 2 fully saturated rings. The third-order valence-electron chi connectivity index (χ3n) is 8.85. The summed E-state index contributed by atoms with van der Waals surface area (Å²) in [5.41, 5.74) is 1.47. The number of carbonyl (C=O) groups is 4. The van der Waals surface area contributed by atoms with Crippen molar-refractivity contribution in [3.05, 3.63) is 82.1 Å². The third-order valence-corrected chi connectivity index (χ3v) is 8.85. The number of piperazine rings is 1. The summed E-state index contributed by atoms with van der Waals surface area (Å²) in [7, 11) is 0. The molecule has 3 aliphatic heterocycles. The molecule has 50 heavy (non-hydrogen) atoms. The Balaban J connectivity index is 0.856. The van der Waals surface area contributed by atoms with Crippen molar-refractivity contribution in [1.29, 1.82) is 0 Å². The molecule has 0 saturated carbocycles. The number of imide groups is 2. The molecule has 0 bridgehead atoms. The minimum atomic E-state index is -1.02. The first kappa shape index (κ1) is 32.8. The molecule has 16 heteroatoms. The van der Waals surface area contributed by atoms with E-state index < -0.39 is 41.1 Å². The lowest BCUT2D eigenvalue weighted by molar-refractivity contribution is -0.136. The Morgan fingerprint density at radius 1 is 0.980 bits per heavy atom. The molecule has 5 heterocycles. The van der Waals surface area contributed by atoms with E-state index in [4.69, 9.17) is 9.15 Å². The van der Waals surface area contributed by atoms with Gasteiger partial charge in [0.1, 0.15) is 11.6 Å². The molecule has 2 aromatic carbocycles. The highest BCUT2D eigenvalue weighted by Gasteiger charge is 2.45. The van der Waals surface area contributed by atoms with Gasteiger partial charge in [-0.3, -0.25) is 34.3 Å². The Morgan fingerprint density at radius 2 is 1.82 bits per heavy atom. The summed E-state index contributed by atoms with van der Waals surface area (Å²) in [5, 5.41) is 9.06. The fourth-order valence-corrected chi connectivity index (χ4v) is 6.27. The lowest BCUT2D eigenvalue weighted by Gasteiger charge is -2.34. The summed E-state index contributed by atoms with van der Waals surface area (Å²) in [5.74, 6) is -2.33. The maximum atomic E-state index is 14.6. The van der Waals surface area contributed by atoms with Gasteiger partial charge in [0.25, 0.3) is 11.8 Å². The maximum Gasteiger partial charge on any atom is 0.336 e. The topological polar surface area (TPSA) is 179 Å². The van der Waals surface area contributed by atoms with Crippen LogP contribution in [0.3, 0.4) is 0 Å². The van der Waals surface area contributed by atoms with Crippen molar-refractivity contribution in [2.45, 2.75) is 18.9 Å². The molecular weight excluding hydrogens is 651 g/mol. The highest BCUT2D eigenvalue weighted by molar-refractivity contribution is 6.25. The number of halogens is 1. The molecule has 3 N–H and O–H groups in total. The predicted octanol–water partition coefficient (Wildman–Crippen LogP) is 2.12. The number of nitrogens with zero attached hydrogens (tertiary/aromatic N) is 5. The summed E-state index contributed by atoms with van der Waals surface area (Å²) in [4.78, 5) is 75.5. The van der Waals surface area contributed by atoms with E-state index in [9.17, 15) is 28.4 Å². The number of benzene rings is 2. The van der Waals surface area contributed by atoms with Gasteiger partial charge in [0.15, 0.2) is 11.6 Å². The molecular formula is C34H33FN8O7. The maximum absolute atomic E-state index is 14.6. The zero-order valence-electron chi connectivity index (χ0n) is 26.8. The van der Waals surface area contributed by atoms with Gasteiger partial charge in [-0.1, -0.05) is 6.07 Å². The molecule has 2 aromatic heterocycles. The van der Waals surface area contributed by atoms with E-state index in [0.29, 0.717) is 67.7 Å². The molecule has 7 rings (SSSR count). The number of fused-ring (bicyclic) bond motifs is 2. The van der Waals surface area contributed by atoms with Crippen LogP contribution in [0.15, 0.2) is 63.9 Å². The fourth-order valence-electron chi connectivity index (χ4n) is 6.27. The summed E-state index contributed by atoms with van der Waals surface area (Å²) < 4.78 is 25.6. The number of hydrogen-bond acceptors (Lipinski definition) is 13.